The third-order valence-electron chi connectivity index (χ3n) is 3.82. The second-order valence-corrected chi connectivity index (χ2v) is 5.78. The van der Waals surface area contributed by atoms with Gasteiger partial charge in [-0.3, -0.25) is 4.98 Å². The van der Waals surface area contributed by atoms with Crippen LogP contribution in [0, 0.1) is 6.92 Å². The molecule has 1 heterocycles. The normalized spacial score (nSPS) is 11.8. The highest BCUT2D eigenvalue weighted by atomic mass is 32.1. The van der Waals surface area contributed by atoms with Crippen LogP contribution >= 0.6 is 12.2 Å². The van der Waals surface area contributed by atoms with Crippen molar-refractivity contribution in [1.82, 2.24) is 9.88 Å². The third-order valence-corrected chi connectivity index (χ3v) is 4.15. The van der Waals surface area contributed by atoms with Gasteiger partial charge in [0.2, 0.25) is 0 Å². The second-order valence-electron chi connectivity index (χ2n) is 5.39. The summed E-state index contributed by atoms with van der Waals surface area (Å²) in [6, 6.07) is 12.2. The van der Waals surface area contributed by atoms with Crippen LogP contribution in [0.4, 0.5) is 5.69 Å². The van der Waals surface area contributed by atoms with Crippen LogP contribution in [-0.2, 0) is 4.74 Å². The van der Waals surface area contributed by atoms with Crippen LogP contribution in [0.15, 0.2) is 48.8 Å². The van der Waals surface area contributed by atoms with E-state index in [2.05, 4.69) is 41.2 Å². The van der Waals surface area contributed by atoms with Gasteiger partial charge in [-0.15, -0.1) is 0 Å². The van der Waals surface area contributed by atoms with Crippen molar-refractivity contribution in [3.63, 3.8) is 0 Å². The maximum Gasteiger partial charge on any atom is 0.174 e. The molecular formula is C18H23N3OS. The molecule has 1 N–H and O–H groups in total. The number of aryl methyl sites for hydroxylation is 1. The summed E-state index contributed by atoms with van der Waals surface area (Å²) in [5.74, 6) is 0. The van der Waals surface area contributed by atoms with E-state index in [9.17, 15) is 0 Å². The Morgan fingerprint density at radius 1 is 1.30 bits per heavy atom. The van der Waals surface area contributed by atoms with E-state index in [4.69, 9.17) is 17.0 Å². The molecule has 0 spiro atoms. The van der Waals surface area contributed by atoms with E-state index in [-0.39, 0.29) is 6.04 Å². The van der Waals surface area contributed by atoms with Crippen molar-refractivity contribution in [2.75, 3.05) is 25.6 Å². The van der Waals surface area contributed by atoms with Crippen LogP contribution in [0.3, 0.4) is 0 Å². The molecule has 1 aromatic heterocycles. The van der Waals surface area contributed by atoms with Gasteiger partial charge in [0.05, 0.1) is 12.6 Å². The first-order valence-electron chi connectivity index (χ1n) is 7.65. The molecule has 0 amide bonds. The number of ether oxygens (including phenoxy) is 1. The van der Waals surface area contributed by atoms with Gasteiger partial charge in [0.15, 0.2) is 5.11 Å². The molecule has 5 heteroatoms. The maximum atomic E-state index is 5.65. The number of aromatic nitrogens is 1. The fourth-order valence-corrected chi connectivity index (χ4v) is 2.72. The number of thiocarbonyl (C=S) groups is 1. The van der Waals surface area contributed by atoms with Gasteiger partial charge in [-0.1, -0.05) is 24.3 Å². The molecule has 0 aliphatic rings. The van der Waals surface area contributed by atoms with E-state index < -0.39 is 0 Å². The fourth-order valence-electron chi connectivity index (χ4n) is 2.36. The summed E-state index contributed by atoms with van der Waals surface area (Å²) in [4.78, 5) is 6.33. The van der Waals surface area contributed by atoms with Gasteiger partial charge in [-0.2, -0.15) is 0 Å². The number of nitrogens with one attached hydrogen (secondary N) is 1. The van der Waals surface area contributed by atoms with Gasteiger partial charge in [-0.25, -0.2) is 0 Å². The van der Waals surface area contributed by atoms with Crippen LogP contribution in [0.2, 0.25) is 0 Å². The number of hydrogen-bond acceptors (Lipinski definition) is 3. The van der Waals surface area contributed by atoms with Crippen LogP contribution in [-0.4, -0.2) is 35.3 Å². The van der Waals surface area contributed by atoms with Gasteiger partial charge < -0.3 is 15.0 Å². The SMILES string of the molecule is COCCN(C(=S)Nc1ccccc1C)[C@H](C)c1cccnc1. The van der Waals surface area contributed by atoms with Crippen LogP contribution in [0.25, 0.3) is 0 Å². The average Bonchev–Trinajstić information content (AvgIpc) is 2.58. The molecule has 122 valence electrons. The number of rotatable bonds is 6. The largest absolute Gasteiger partial charge is 0.383 e. The van der Waals surface area contributed by atoms with Gasteiger partial charge in [0.25, 0.3) is 0 Å². The zero-order chi connectivity index (χ0) is 16.7. The molecule has 0 unspecified atom stereocenters. The zero-order valence-electron chi connectivity index (χ0n) is 13.8. The summed E-state index contributed by atoms with van der Waals surface area (Å²) in [7, 11) is 1.70. The Labute approximate surface area is 143 Å². The molecule has 2 rings (SSSR count). The van der Waals surface area contributed by atoms with Gasteiger partial charge in [-0.05, 0) is 49.3 Å². The van der Waals surface area contributed by atoms with Crippen molar-refractivity contribution in [3.05, 3.63) is 59.9 Å². The Balaban J connectivity index is 2.17. The van der Waals surface area contributed by atoms with Crippen molar-refractivity contribution in [2.45, 2.75) is 19.9 Å². The number of para-hydroxylation sites is 1. The lowest BCUT2D eigenvalue weighted by Gasteiger charge is -2.32. The van der Waals surface area contributed by atoms with Crippen molar-refractivity contribution in [3.8, 4) is 0 Å². The fraction of sp³-hybridized carbons (Fsp3) is 0.333. The Morgan fingerprint density at radius 3 is 2.74 bits per heavy atom. The molecule has 0 fully saturated rings. The highest BCUT2D eigenvalue weighted by Crippen LogP contribution is 2.21. The lowest BCUT2D eigenvalue weighted by atomic mass is 10.1. The molecule has 1 aromatic carbocycles. The zero-order valence-corrected chi connectivity index (χ0v) is 14.6. The molecule has 0 saturated heterocycles. The van der Waals surface area contributed by atoms with E-state index in [0.717, 1.165) is 16.8 Å². The van der Waals surface area contributed by atoms with E-state index in [1.54, 1.807) is 13.3 Å². The van der Waals surface area contributed by atoms with Crippen LogP contribution < -0.4 is 5.32 Å². The summed E-state index contributed by atoms with van der Waals surface area (Å²) < 4.78 is 5.24. The average molecular weight is 329 g/mol. The smallest absolute Gasteiger partial charge is 0.174 e. The minimum Gasteiger partial charge on any atom is -0.383 e. The highest BCUT2D eigenvalue weighted by molar-refractivity contribution is 7.80. The molecule has 4 nitrogen and oxygen atoms in total. The Bertz CT molecular complexity index is 633. The summed E-state index contributed by atoms with van der Waals surface area (Å²) in [6.45, 7) is 5.51. The first-order valence-corrected chi connectivity index (χ1v) is 8.06. The topological polar surface area (TPSA) is 37.4 Å². The lowest BCUT2D eigenvalue weighted by molar-refractivity contribution is 0.165. The van der Waals surface area contributed by atoms with E-state index >= 15 is 0 Å². The molecule has 23 heavy (non-hydrogen) atoms. The van der Waals surface area contributed by atoms with Crippen molar-refractivity contribution >= 4 is 23.0 Å². The Morgan fingerprint density at radius 2 is 2.09 bits per heavy atom. The van der Waals surface area contributed by atoms with Crippen LogP contribution in [0.1, 0.15) is 24.1 Å². The Kier molecular flexibility index (Phi) is 6.50. The van der Waals surface area contributed by atoms with Crippen molar-refractivity contribution in [2.24, 2.45) is 0 Å². The molecule has 0 aliphatic carbocycles. The molecule has 0 aliphatic heterocycles. The predicted molar refractivity (Wildman–Crippen MR) is 98.6 cm³/mol. The molecular weight excluding hydrogens is 306 g/mol. The first kappa shape index (κ1) is 17.4. The minimum atomic E-state index is 0.114. The summed E-state index contributed by atoms with van der Waals surface area (Å²) in [5.41, 5.74) is 3.31. The standard InChI is InChI=1S/C18H23N3OS/c1-14-7-4-5-9-17(14)20-18(23)21(11-12-22-3)15(2)16-8-6-10-19-13-16/h4-10,13,15H,11-12H2,1-3H3,(H,20,23)/t15-/m1/s1. The number of hydrogen-bond donors (Lipinski definition) is 1. The molecule has 2 aromatic rings. The third kappa shape index (κ3) is 4.74. The predicted octanol–water partition coefficient (Wildman–Crippen LogP) is 3.80. The molecule has 0 saturated carbocycles. The quantitative estimate of drug-likeness (QED) is 0.816. The lowest BCUT2D eigenvalue weighted by Crippen LogP contribution is -2.39. The van der Waals surface area contributed by atoms with E-state index in [1.165, 1.54) is 0 Å². The molecule has 0 radical (unpaired) electrons. The summed E-state index contributed by atoms with van der Waals surface area (Å²) in [6.07, 6.45) is 3.65. The number of anilines is 1. The highest BCUT2D eigenvalue weighted by Gasteiger charge is 2.19. The Hall–Kier alpha value is -1.98. The molecule has 0 bridgehead atoms. The monoisotopic (exact) mass is 329 g/mol. The van der Waals surface area contributed by atoms with E-state index in [1.807, 2.05) is 30.5 Å². The van der Waals surface area contributed by atoms with E-state index in [0.29, 0.717) is 18.3 Å². The van der Waals surface area contributed by atoms with Crippen molar-refractivity contribution in [1.29, 1.82) is 0 Å². The number of nitrogens with zero attached hydrogens (tertiary/aromatic N) is 2. The number of methoxy groups -OCH3 is 1. The molecule has 1 atom stereocenters. The summed E-state index contributed by atoms with van der Waals surface area (Å²) >= 11 is 5.65. The summed E-state index contributed by atoms with van der Waals surface area (Å²) in [5, 5.41) is 4.04. The maximum absolute atomic E-state index is 5.65. The number of benzene rings is 1. The first-order chi connectivity index (χ1) is 11.1. The van der Waals surface area contributed by atoms with Gasteiger partial charge in [0, 0.05) is 31.7 Å². The minimum absolute atomic E-state index is 0.114. The number of pyridine rings is 1. The second kappa shape index (κ2) is 8.60. The van der Waals surface area contributed by atoms with Gasteiger partial charge >= 0.3 is 0 Å². The van der Waals surface area contributed by atoms with Crippen LogP contribution in [0.5, 0.6) is 0 Å². The van der Waals surface area contributed by atoms with Crippen molar-refractivity contribution < 1.29 is 4.74 Å². The van der Waals surface area contributed by atoms with Gasteiger partial charge in [0.1, 0.15) is 0 Å².